The molecule has 0 heterocycles. The van der Waals surface area contributed by atoms with E-state index in [1.165, 1.54) is 0 Å². The minimum Gasteiger partial charge on any atom is -0.480 e. The summed E-state index contributed by atoms with van der Waals surface area (Å²) in [5, 5.41) is 12.3. The lowest BCUT2D eigenvalue weighted by molar-refractivity contribution is -0.140. The fourth-order valence-corrected chi connectivity index (χ4v) is 5.15. The highest BCUT2D eigenvalue weighted by Gasteiger charge is 2.24. The molecule has 35 heavy (non-hydrogen) atoms. The predicted molar refractivity (Wildman–Crippen MR) is 137 cm³/mol. The molecule has 0 bridgehead atoms. The molecule has 3 aromatic carbocycles. The largest absolute Gasteiger partial charge is 0.480 e. The van der Waals surface area contributed by atoms with Crippen LogP contribution in [0.4, 0.5) is 5.69 Å². The van der Waals surface area contributed by atoms with Gasteiger partial charge in [-0.05, 0) is 78.4 Å². The number of anilines is 1. The lowest BCUT2D eigenvalue weighted by Crippen LogP contribution is -2.44. The summed E-state index contributed by atoms with van der Waals surface area (Å²) in [6.45, 7) is 6.88. The van der Waals surface area contributed by atoms with E-state index in [2.05, 4.69) is 10.0 Å². The van der Waals surface area contributed by atoms with Gasteiger partial charge in [0.1, 0.15) is 6.04 Å². The first-order valence-corrected chi connectivity index (χ1v) is 12.8. The average molecular weight is 515 g/mol. The molecule has 0 saturated carbocycles. The predicted octanol–water partition coefficient (Wildman–Crippen LogP) is 5.26. The van der Waals surface area contributed by atoms with E-state index in [1.54, 1.807) is 82.3 Å². The van der Waals surface area contributed by atoms with Gasteiger partial charge in [-0.15, -0.1) is 0 Å². The zero-order chi connectivity index (χ0) is 25.9. The zero-order valence-corrected chi connectivity index (χ0v) is 21.4. The summed E-state index contributed by atoms with van der Waals surface area (Å²) in [5.41, 5.74) is 3.43. The fraction of sp³-hybridized carbons (Fsp3) is 0.231. The van der Waals surface area contributed by atoms with Gasteiger partial charge >= 0.3 is 5.97 Å². The number of carboxylic acid groups (broad SMARTS) is 1. The summed E-state index contributed by atoms with van der Waals surface area (Å²) in [5.74, 6) is -1.83. The standard InChI is InChI=1S/C26H27ClN2O5S/c1-15(2)24(26(31)32)28-25(30)19-10-8-18(9-11-19)20-6-5-7-21(14-20)29-35(33,34)23-13-16(3)22(27)12-17(23)4/h5-15,24,29H,1-4H3,(H,28,30)(H,31,32)/t24-/m0/s1. The first-order valence-electron chi connectivity index (χ1n) is 10.9. The first-order chi connectivity index (χ1) is 16.4. The molecular weight excluding hydrogens is 488 g/mol. The maximum Gasteiger partial charge on any atom is 0.326 e. The third-order valence-corrected chi connectivity index (χ3v) is 7.49. The number of hydrogen-bond acceptors (Lipinski definition) is 4. The number of sulfonamides is 1. The van der Waals surface area contributed by atoms with Gasteiger partial charge in [0.25, 0.3) is 15.9 Å². The van der Waals surface area contributed by atoms with E-state index in [4.69, 9.17) is 11.6 Å². The summed E-state index contributed by atoms with van der Waals surface area (Å²) in [6, 6.07) is 15.7. The summed E-state index contributed by atoms with van der Waals surface area (Å²) in [4.78, 5) is 24.0. The number of carboxylic acids is 1. The Hall–Kier alpha value is -3.36. The molecule has 3 N–H and O–H groups in total. The molecule has 0 aliphatic heterocycles. The number of nitrogens with one attached hydrogen (secondary N) is 2. The number of carbonyl (C=O) groups is 2. The fourth-order valence-electron chi connectivity index (χ4n) is 3.57. The SMILES string of the molecule is Cc1cc(S(=O)(=O)Nc2cccc(-c3ccc(C(=O)N[C@H](C(=O)O)C(C)C)cc3)c2)c(C)cc1Cl. The van der Waals surface area contributed by atoms with Crippen molar-refractivity contribution < 1.29 is 23.1 Å². The van der Waals surface area contributed by atoms with Crippen LogP contribution in [-0.2, 0) is 14.8 Å². The van der Waals surface area contributed by atoms with E-state index in [0.29, 0.717) is 27.4 Å². The molecule has 3 aromatic rings. The second kappa shape index (κ2) is 10.5. The Kier molecular flexibility index (Phi) is 7.87. The number of carbonyl (C=O) groups excluding carboxylic acids is 1. The van der Waals surface area contributed by atoms with Crippen molar-refractivity contribution in [3.8, 4) is 11.1 Å². The Labute approximate surface area is 210 Å². The average Bonchev–Trinajstić information content (AvgIpc) is 2.79. The first kappa shape index (κ1) is 26.2. The Morgan fingerprint density at radius 3 is 2.17 bits per heavy atom. The quantitative estimate of drug-likeness (QED) is 0.379. The van der Waals surface area contributed by atoms with Gasteiger partial charge < -0.3 is 10.4 Å². The van der Waals surface area contributed by atoms with Crippen LogP contribution >= 0.6 is 11.6 Å². The molecule has 3 rings (SSSR count). The summed E-state index contributed by atoms with van der Waals surface area (Å²) in [6.07, 6.45) is 0. The molecule has 1 amide bonds. The number of halogens is 1. The van der Waals surface area contributed by atoms with Crippen LogP contribution in [0, 0.1) is 19.8 Å². The van der Waals surface area contributed by atoms with Crippen molar-refractivity contribution in [2.24, 2.45) is 5.92 Å². The van der Waals surface area contributed by atoms with Crippen LogP contribution in [0.2, 0.25) is 5.02 Å². The van der Waals surface area contributed by atoms with Crippen LogP contribution in [0.1, 0.15) is 35.3 Å². The van der Waals surface area contributed by atoms with Crippen LogP contribution in [0.5, 0.6) is 0 Å². The monoisotopic (exact) mass is 514 g/mol. The Morgan fingerprint density at radius 2 is 1.57 bits per heavy atom. The number of benzene rings is 3. The molecule has 0 aromatic heterocycles. The lowest BCUT2D eigenvalue weighted by Gasteiger charge is -2.18. The molecule has 0 aliphatic rings. The van der Waals surface area contributed by atoms with Crippen LogP contribution in [-0.4, -0.2) is 31.4 Å². The van der Waals surface area contributed by atoms with E-state index >= 15 is 0 Å². The highest BCUT2D eigenvalue weighted by Crippen LogP contribution is 2.28. The summed E-state index contributed by atoms with van der Waals surface area (Å²) in [7, 11) is -3.84. The second-order valence-electron chi connectivity index (χ2n) is 8.66. The van der Waals surface area contributed by atoms with E-state index in [0.717, 1.165) is 11.1 Å². The molecule has 0 fully saturated rings. The van der Waals surface area contributed by atoms with E-state index in [-0.39, 0.29) is 10.8 Å². The topological polar surface area (TPSA) is 113 Å². The number of hydrogen-bond donors (Lipinski definition) is 3. The van der Waals surface area contributed by atoms with Crippen LogP contribution < -0.4 is 10.0 Å². The van der Waals surface area contributed by atoms with E-state index in [1.807, 2.05) is 6.07 Å². The number of aliphatic carboxylic acids is 1. The number of aryl methyl sites for hydroxylation is 2. The van der Waals surface area contributed by atoms with Gasteiger partial charge in [-0.2, -0.15) is 0 Å². The van der Waals surface area contributed by atoms with Gasteiger partial charge in [-0.3, -0.25) is 9.52 Å². The molecule has 0 radical (unpaired) electrons. The normalized spacial score (nSPS) is 12.3. The minimum atomic E-state index is -3.84. The molecule has 9 heteroatoms. The van der Waals surface area contributed by atoms with Gasteiger partial charge in [0.2, 0.25) is 0 Å². The minimum absolute atomic E-state index is 0.154. The molecule has 1 atom stereocenters. The number of amides is 1. The third kappa shape index (κ3) is 6.21. The summed E-state index contributed by atoms with van der Waals surface area (Å²) >= 11 is 6.10. The highest BCUT2D eigenvalue weighted by molar-refractivity contribution is 7.92. The van der Waals surface area contributed by atoms with Crippen LogP contribution in [0.25, 0.3) is 11.1 Å². The lowest BCUT2D eigenvalue weighted by atomic mass is 10.0. The molecule has 0 spiro atoms. The molecular formula is C26H27ClN2O5S. The Balaban J connectivity index is 1.81. The maximum absolute atomic E-state index is 13.0. The van der Waals surface area contributed by atoms with Gasteiger partial charge in [0, 0.05) is 16.3 Å². The van der Waals surface area contributed by atoms with Crippen molar-refractivity contribution in [1.29, 1.82) is 0 Å². The van der Waals surface area contributed by atoms with Crippen LogP contribution in [0.15, 0.2) is 65.6 Å². The van der Waals surface area contributed by atoms with Gasteiger partial charge in [-0.25, -0.2) is 13.2 Å². The molecule has 7 nitrogen and oxygen atoms in total. The molecule has 0 saturated heterocycles. The smallest absolute Gasteiger partial charge is 0.326 e. The van der Waals surface area contributed by atoms with E-state index in [9.17, 15) is 23.1 Å². The zero-order valence-electron chi connectivity index (χ0n) is 19.8. The number of rotatable bonds is 8. The van der Waals surface area contributed by atoms with Crippen molar-refractivity contribution in [1.82, 2.24) is 5.32 Å². The second-order valence-corrected chi connectivity index (χ2v) is 10.7. The molecule has 184 valence electrons. The summed E-state index contributed by atoms with van der Waals surface area (Å²) < 4.78 is 28.6. The van der Waals surface area contributed by atoms with Gasteiger partial charge in [0.15, 0.2) is 0 Å². The van der Waals surface area contributed by atoms with Crippen molar-refractivity contribution in [3.05, 3.63) is 82.4 Å². The van der Waals surface area contributed by atoms with Crippen molar-refractivity contribution in [2.75, 3.05) is 4.72 Å². The van der Waals surface area contributed by atoms with Gasteiger partial charge in [0.05, 0.1) is 4.90 Å². The molecule has 0 aliphatic carbocycles. The Bertz CT molecular complexity index is 1370. The van der Waals surface area contributed by atoms with Crippen molar-refractivity contribution in [3.63, 3.8) is 0 Å². The maximum atomic E-state index is 13.0. The van der Waals surface area contributed by atoms with Crippen molar-refractivity contribution >= 4 is 39.2 Å². The Morgan fingerprint density at radius 1 is 0.914 bits per heavy atom. The van der Waals surface area contributed by atoms with Crippen molar-refractivity contribution in [2.45, 2.75) is 38.6 Å². The van der Waals surface area contributed by atoms with Crippen LogP contribution in [0.3, 0.4) is 0 Å². The molecule has 0 unspecified atom stereocenters. The van der Waals surface area contributed by atoms with Gasteiger partial charge in [-0.1, -0.05) is 49.7 Å². The van der Waals surface area contributed by atoms with E-state index < -0.39 is 27.9 Å². The highest BCUT2D eigenvalue weighted by atomic mass is 35.5. The third-order valence-electron chi connectivity index (χ3n) is 5.56.